The zero-order valence-electron chi connectivity index (χ0n) is 12.2. The van der Waals surface area contributed by atoms with Crippen molar-refractivity contribution in [3.05, 3.63) is 65.2 Å². The molecule has 0 amide bonds. The Hall–Kier alpha value is -1.80. The van der Waals surface area contributed by atoms with Gasteiger partial charge < -0.3 is 4.74 Å². The van der Waals surface area contributed by atoms with E-state index in [-0.39, 0.29) is 0 Å². The molecule has 1 atom stereocenters. The lowest BCUT2D eigenvalue weighted by Gasteiger charge is -2.34. The molecule has 0 spiro atoms. The Morgan fingerprint density at radius 2 is 1.85 bits per heavy atom. The zero-order chi connectivity index (χ0) is 13.9. The number of fused-ring (bicyclic) bond motifs is 1. The molecule has 0 aliphatic carbocycles. The van der Waals surface area contributed by atoms with Gasteiger partial charge in [-0.2, -0.15) is 0 Å². The van der Waals surface area contributed by atoms with Gasteiger partial charge in [0.15, 0.2) is 0 Å². The van der Waals surface area contributed by atoms with Crippen molar-refractivity contribution in [3.8, 4) is 5.75 Å². The number of ether oxygens (including phenoxy) is 1. The molecule has 2 heteroatoms. The van der Waals surface area contributed by atoms with Crippen LogP contribution in [-0.2, 0) is 13.0 Å². The first kappa shape index (κ1) is 13.2. The Morgan fingerprint density at radius 1 is 1.05 bits per heavy atom. The van der Waals surface area contributed by atoms with Gasteiger partial charge >= 0.3 is 0 Å². The van der Waals surface area contributed by atoms with Crippen LogP contribution >= 0.6 is 0 Å². The molecule has 2 aromatic rings. The van der Waals surface area contributed by atoms with Crippen molar-refractivity contribution in [2.24, 2.45) is 0 Å². The van der Waals surface area contributed by atoms with Gasteiger partial charge in [-0.25, -0.2) is 0 Å². The first-order valence-electron chi connectivity index (χ1n) is 7.22. The third-order valence-corrected chi connectivity index (χ3v) is 4.28. The van der Waals surface area contributed by atoms with Crippen molar-refractivity contribution in [1.29, 1.82) is 0 Å². The Balaban J connectivity index is 1.80. The molecule has 0 saturated carbocycles. The summed E-state index contributed by atoms with van der Waals surface area (Å²) in [5, 5.41) is 0. The normalized spacial score (nSPS) is 16.5. The highest BCUT2D eigenvalue weighted by atomic mass is 16.5. The summed E-state index contributed by atoms with van der Waals surface area (Å²) in [5.41, 5.74) is 4.29. The van der Waals surface area contributed by atoms with E-state index in [1.54, 1.807) is 7.11 Å². The molecule has 0 aromatic heterocycles. The largest absolute Gasteiger partial charge is 0.497 e. The fourth-order valence-corrected chi connectivity index (χ4v) is 2.96. The van der Waals surface area contributed by atoms with Crippen LogP contribution in [0.25, 0.3) is 0 Å². The van der Waals surface area contributed by atoms with Gasteiger partial charge in [0.05, 0.1) is 7.11 Å². The average Bonchev–Trinajstić information content (AvgIpc) is 2.53. The molecule has 1 aliphatic rings. The van der Waals surface area contributed by atoms with Gasteiger partial charge in [0.1, 0.15) is 5.75 Å². The molecular formula is C18H21NO. The number of hydrogen-bond acceptors (Lipinski definition) is 2. The van der Waals surface area contributed by atoms with Gasteiger partial charge in [-0.15, -0.1) is 0 Å². The molecule has 104 valence electrons. The summed E-state index contributed by atoms with van der Waals surface area (Å²) >= 11 is 0. The molecule has 0 saturated heterocycles. The van der Waals surface area contributed by atoms with Gasteiger partial charge in [-0.05, 0) is 42.2 Å². The summed E-state index contributed by atoms with van der Waals surface area (Å²) in [6.07, 6.45) is 1.14. The van der Waals surface area contributed by atoms with Crippen LogP contribution in [0.2, 0.25) is 0 Å². The van der Waals surface area contributed by atoms with Crippen LogP contribution in [0, 0.1) is 0 Å². The highest BCUT2D eigenvalue weighted by Crippen LogP contribution is 2.28. The molecule has 1 aliphatic heterocycles. The number of rotatable bonds is 3. The third kappa shape index (κ3) is 2.56. The first-order chi connectivity index (χ1) is 9.78. The second-order valence-corrected chi connectivity index (χ2v) is 5.44. The van der Waals surface area contributed by atoms with E-state index in [4.69, 9.17) is 4.74 Å². The van der Waals surface area contributed by atoms with Crippen molar-refractivity contribution in [2.45, 2.75) is 25.9 Å². The molecule has 3 rings (SSSR count). The Bertz CT molecular complexity index is 593. The Kier molecular flexibility index (Phi) is 3.75. The minimum atomic E-state index is 0.415. The molecular weight excluding hydrogens is 246 g/mol. The summed E-state index contributed by atoms with van der Waals surface area (Å²) in [6.45, 7) is 4.44. The van der Waals surface area contributed by atoms with E-state index in [9.17, 15) is 0 Å². The van der Waals surface area contributed by atoms with Gasteiger partial charge in [0.25, 0.3) is 0 Å². The second-order valence-electron chi connectivity index (χ2n) is 5.44. The second kappa shape index (κ2) is 5.68. The molecule has 0 bridgehead atoms. The van der Waals surface area contributed by atoms with Crippen molar-refractivity contribution in [3.63, 3.8) is 0 Å². The van der Waals surface area contributed by atoms with E-state index in [1.165, 1.54) is 16.7 Å². The molecule has 2 aromatic carbocycles. The molecule has 1 unspecified atom stereocenters. The van der Waals surface area contributed by atoms with Gasteiger partial charge in [0.2, 0.25) is 0 Å². The highest BCUT2D eigenvalue weighted by molar-refractivity contribution is 5.32. The van der Waals surface area contributed by atoms with Crippen molar-refractivity contribution in [2.75, 3.05) is 13.7 Å². The smallest absolute Gasteiger partial charge is 0.119 e. The number of benzene rings is 2. The maximum Gasteiger partial charge on any atom is 0.119 e. The zero-order valence-corrected chi connectivity index (χ0v) is 12.2. The number of hydrogen-bond donors (Lipinski definition) is 0. The van der Waals surface area contributed by atoms with E-state index in [0.29, 0.717) is 6.04 Å². The quantitative estimate of drug-likeness (QED) is 0.838. The fraction of sp³-hybridized carbons (Fsp3) is 0.333. The molecule has 2 nitrogen and oxygen atoms in total. The third-order valence-electron chi connectivity index (χ3n) is 4.28. The standard InChI is InChI=1S/C18H21NO/c1-14(16-8-5-9-18(12-16)20-2)19-11-10-15-6-3-4-7-17(15)13-19/h3-9,12,14H,10-11,13H2,1-2H3. The van der Waals surface area contributed by atoms with Crippen LogP contribution in [0.1, 0.15) is 29.7 Å². The van der Waals surface area contributed by atoms with Crippen LogP contribution < -0.4 is 4.74 Å². The molecule has 0 N–H and O–H groups in total. The monoisotopic (exact) mass is 267 g/mol. The van der Waals surface area contributed by atoms with Crippen LogP contribution in [-0.4, -0.2) is 18.6 Å². The van der Waals surface area contributed by atoms with Gasteiger partial charge in [-0.3, -0.25) is 4.90 Å². The van der Waals surface area contributed by atoms with E-state index in [2.05, 4.69) is 54.3 Å². The number of methoxy groups -OCH3 is 1. The Morgan fingerprint density at radius 3 is 2.65 bits per heavy atom. The van der Waals surface area contributed by atoms with Gasteiger partial charge in [-0.1, -0.05) is 36.4 Å². The van der Waals surface area contributed by atoms with Crippen molar-refractivity contribution < 1.29 is 4.74 Å². The van der Waals surface area contributed by atoms with Crippen LogP contribution in [0.4, 0.5) is 0 Å². The first-order valence-corrected chi connectivity index (χ1v) is 7.22. The summed E-state index contributed by atoms with van der Waals surface area (Å²) < 4.78 is 5.33. The summed E-state index contributed by atoms with van der Waals surface area (Å²) in [6, 6.07) is 17.6. The van der Waals surface area contributed by atoms with Crippen LogP contribution in [0.5, 0.6) is 5.75 Å². The van der Waals surface area contributed by atoms with Gasteiger partial charge in [0, 0.05) is 19.1 Å². The van der Waals surface area contributed by atoms with E-state index < -0.39 is 0 Å². The summed E-state index contributed by atoms with van der Waals surface area (Å²) in [7, 11) is 1.72. The van der Waals surface area contributed by atoms with E-state index in [1.807, 2.05) is 6.07 Å². The highest BCUT2D eigenvalue weighted by Gasteiger charge is 2.21. The predicted molar refractivity (Wildman–Crippen MR) is 82.0 cm³/mol. The van der Waals surface area contributed by atoms with Crippen molar-refractivity contribution >= 4 is 0 Å². The molecule has 0 radical (unpaired) electrons. The lowest BCUT2D eigenvalue weighted by atomic mass is 9.97. The fourth-order valence-electron chi connectivity index (χ4n) is 2.96. The minimum Gasteiger partial charge on any atom is -0.497 e. The van der Waals surface area contributed by atoms with Crippen molar-refractivity contribution in [1.82, 2.24) is 4.90 Å². The maximum absolute atomic E-state index is 5.33. The van der Waals surface area contributed by atoms with Crippen LogP contribution in [0.3, 0.4) is 0 Å². The summed E-state index contributed by atoms with van der Waals surface area (Å²) in [4.78, 5) is 2.54. The Labute approximate surface area is 121 Å². The minimum absolute atomic E-state index is 0.415. The predicted octanol–water partition coefficient (Wildman–Crippen LogP) is 3.81. The average molecular weight is 267 g/mol. The molecule has 1 heterocycles. The topological polar surface area (TPSA) is 12.5 Å². The van der Waals surface area contributed by atoms with E-state index in [0.717, 1.165) is 25.3 Å². The number of nitrogens with zero attached hydrogens (tertiary/aromatic N) is 1. The summed E-state index contributed by atoms with van der Waals surface area (Å²) in [5.74, 6) is 0.937. The molecule has 0 fully saturated rings. The molecule has 20 heavy (non-hydrogen) atoms. The van der Waals surface area contributed by atoms with Crippen LogP contribution in [0.15, 0.2) is 48.5 Å². The SMILES string of the molecule is COc1cccc(C(C)N2CCc3ccccc3C2)c1. The maximum atomic E-state index is 5.33. The lowest BCUT2D eigenvalue weighted by molar-refractivity contribution is 0.192. The lowest BCUT2D eigenvalue weighted by Crippen LogP contribution is -2.32. The van der Waals surface area contributed by atoms with E-state index >= 15 is 0 Å².